The number of aromatic nitrogens is 1. The van der Waals surface area contributed by atoms with Crippen molar-refractivity contribution in [3.8, 4) is 0 Å². The number of amidine groups is 1. The average Bonchev–Trinajstić information content (AvgIpc) is 3.22. The average molecular weight is 514 g/mol. The highest BCUT2D eigenvalue weighted by atomic mass is 16.4. The Morgan fingerprint density at radius 3 is 2.21 bits per heavy atom. The fourth-order valence-corrected chi connectivity index (χ4v) is 4.14. The summed E-state index contributed by atoms with van der Waals surface area (Å²) in [4.78, 5) is 22.2. The maximum Gasteiger partial charge on any atom is 0.268 e. The molecule has 0 spiro atoms. The number of hydrogen-bond donors (Lipinski definition) is 3. The smallest absolute Gasteiger partial charge is 0.268 e. The van der Waals surface area contributed by atoms with Crippen LogP contribution < -0.4 is 20.6 Å². The van der Waals surface area contributed by atoms with E-state index in [1.807, 2.05) is 47.0 Å². The second kappa shape index (κ2) is 11.7. The summed E-state index contributed by atoms with van der Waals surface area (Å²) in [6, 6.07) is 24.0. The Morgan fingerprint density at radius 2 is 1.61 bits per heavy atom. The van der Waals surface area contributed by atoms with Crippen molar-refractivity contribution in [3.05, 3.63) is 101 Å². The van der Waals surface area contributed by atoms with E-state index in [-0.39, 0.29) is 11.7 Å². The molecule has 0 aliphatic rings. The van der Waals surface area contributed by atoms with Gasteiger partial charge in [0.1, 0.15) is 17.2 Å². The fourth-order valence-electron chi connectivity index (χ4n) is 4.14. The van der Waals surface area contributed by atoms with Gasteiger partial charge in [-0.25, -0.2) is 0 Å². The molecule has 1 heterocycles. The van der Waals surface area contributed by atoms with Crippen molar-refractivity contribution in [2.45, 2.75) is 26.9 Å². The lowest BCUT2D eigenvalue weighted by atomic mass is 10.1. The zero-order valence-electron chi connectivity index (χ0n) is 22.5. The highest BCUT2D eigenvalue weighted by Gasteiger charge is 2.18. The Hall–Kier alpha value is -4.43. The SMILES string of the molecule is CC(=O)[O-].Cc1cccc2c1cc(C(=O)NCc1ccc([N+](C)(C)C)cc1)n2Cc1cccc(C(=N)N)c1. The first kappa shape index (κ1) is 28.1. The zero-order chi connectivity index (χ0) is 28.0. The lowest BCUT2D eigenvalue weighted by Crippen LogP contribution is -2.34. The van der Waals surface area contributed by atoms with Crippen molar-refractivity contribution < 1.29 is 14.7 Å². The molecule has 0 unspecified atom stereocenters. The number of benzene rings is 3. The molecule has 0 aliphatic carbocycles. The molecule has 0 atom stereocenters. The highest BCUT2D eigenvalue weighted by molar-refractivity contribution is 5.99. The molecule has 0 saturated heterocycles. The van der Waals surface area contributed by atoms with E-state index in [4.69, 9.17) is 21.0 Å². The monoisotopic (exact) mass is 513 g/mol. The Kier molecular flexibility index (Phi) is 8.70. The van der Waals surface area contributed by atoms with Gasteiger partial charge in [0.2, 0.25) is 0 Å². The highest BCUT2D eigenvalue weighted by Crippen LogP contribution is 2.25. The summed E-state index contributed by atoms with van der Waals surface area (Å²) in [5, 5.41) is 20.8. The Morgan fingerprint density at radius 1 is 0.974 bits per heavy atom. The van der Waals surface area contributed by atoms with Crippen molar-refractivity contribution in [2.24, 2.45) is 5.73 Å². The van der Waals surface area contributed by atoms with Crippen LogP contribution in [0.3, 0.4) is 0 Å². The van der Waals surface area contributed by atoms with Crippen molar-refractivity contribution >= 4 is 34.3 Å². The van der Waals surface area contributed by atoms with Gasteiger partial charge >= 0.3 is 0 Å². The quantitative estimate of drug-likeness (QED) is 0.199. The molecule has 0 saturated carbocycles. The molecular formula is C30H35N5O3. The van der Waals surface area contributed by atoms with Crippen molar-refractivity contribution in [1.82, 2.24) is 14.4 Å². The Labute approximate surface area is 223 Å². The molecule has 4 aromatic rings. The number of rotatable bonds is 7. The molecule has 0 radical (unpaired) electrons. The Bertz CT molecular complexity index is 1460. The zero-order valence-corrected chi connectivity index (χ0v) is 22.5. The van der Waals surface area contributed by atoms with E-state index in [1.54, 1.807) is 0 Å². The molecule has 3 aromatic carbocycles. The number of amides is 1. The number of hydrogen-bond acceptors (Lipinski definition) is 4. The molecule has 38 heavy (non-hydrogen) atoms. The first-order valence-electron chi connectivity index (χ1n) is 12.3. The van der Waals surface area contributed by atoms with Gasteiger partial charge in [-0.1, -0.05) is 42.5 Å². The van der Waals surface area contributed by atoms with Gasteiger partial charge in [0.05, 0.1) is 21.1 Å². The van der Waals surface area contributed by atoms with Gasteiger partial charge in [-0.2, -0.15) is 0 Å². The minimum atomic E-state index is -1.08. The van der Waals surface area contributed by atoms with Gasteiger partial charge in [-0.05, 0) is 60.9 Å². The number of quaternary nitrogens is 1. The predicted molar refractivity (Wildman–Crippen MR) is 151 cm³/mol. The van der Waals surface area contributed by atoms with Crippen LogP contribution in [0.1, 0.15) is 39.7 Å². The van der Waals surface area contributed by atoms with Gasteiger partial charge in [-0.15, -0.1) is 0 Å². The van der Waals surface area contributed by atoms with Crippen LogP contribution in [0.15, 0.2) is 72.8 Å². The van der Waals surface area contributed by atoms with E-state index < -0.39 is 5.97 Å². The number of carboxylic acid groups (broad SMARTS) is 1. The molecule has 1 aromatic heterocycles. The third kappa shape index (κ3) is 7.08. The van der Waals surface area contributed by atoms with E-state index in [9.17, 15) is 4.79 Å². The Balaban J connectivity index is 0.000000934. The van der Waals surface area contributed by atoms with Crippen LogP contribution in [0.2, 0.25) is 0 Å². The van der Waals surface area contributed by atoms with Gasteiger partial charge < -0.3 is 25.5 Å². The standard InChI is InChI=1S/C28H31N5O.C2H4O2/c1-19-7-5-10-25-24(19)16-26(32(25)18-21-8-6-9-22(15-21)27(29)30)28(34)31-17-20-11-13-23(14-12-20)33(2,3)4;1-2(3)4/h5-16H,17-18H2,1-4H3,(H3-,29,30,31,34);1H3,(H,3,4). The molecule has 4 N–H and O–H groups in total. The summed E-state index contributed by atoms with van der Waals surface area (Å²) in [6.45, 7) is 3.99. The number of nitrogens with one attached hydrogen (secondary N) is 2. The fraction of sp³-hybridized carbons (Fsp3) is 0.233. The number of carboxylic acids is 1. The largest absolute Gasteiger partial charge is 0.550 e. The molecule has 8 nitrogen and oxygen atoms in total. The molecule has 0 fully saturated rings. The summed E-state index contributed by atoms with van der Waals surface area (Å²) in [5.74, 6) is -1.17. The maximum absolute atomic E-state index is 13.3. The molecule has 198 valence electrons. The number of aliphatic carboxylic acids is 1. The number of nitrogens with two attached hydrogens (primary N) is 1. The summed E-state index contributed by atoms with van der Waals surface area (Å²) in [7, 11) is 6.39. The maximum atomic E-state index is 13.3. The van der Waals surface area contributed by atoms with Crippen LogP contribution in [0.4, 0.5) is 5.69 Å². The number of carbonyl (C=O) groups is 2. The van der Waals surface area contributed by atoms with Crippen LogP contribution in [-0.4, -0.2) is 43.4 Å². The lowest BCUT2D eigenvalue weighted by Gasteiger charge is -2.23. The lowest BCUT2D eigenvalue weighted by molar-refractivity contribution is -0.302. The van der Waals surface area contributed by atoms with Crippen LogP contribution in [0.25, 0.3) is 10.9 Å². The third-order valence-corrected chi connectivity index (χ3v) is 6.14. The molecule has 0 bridgehead atoms. The summed E-state index contributed by atoms with van der Waals surface area (Å²) in [6.07, 6.45) is 0. The van der Waals surface area contributed by atoms with E-state index in [0.717, 1.165) is 39.0 Å². The number of aryl methyl sites for hydroxylation is 1. The molecular weight excluding hydrogens is 478 g/mol. The third-order valence-electron chi connectivity index (χ3n) is 6.14. The molecule has 0 aliphatic heterocycles. The second-order valence-corrected chi connectivity index (χ2v) is 10.1. The van der Waals surface area contributed by atoms with Crippen molar-refractivity contribution in [1.29, 1.82) is 5.41 Å². The van der Waals surface area contributed by atoms with Crippen LogP contribution in [0.5, 0.6) is 0 Å². The first-order valence-corrected chi connectivity index (χ1v) is 12.3. The van der Waals surface area contributed by atoms with Crippen LogP contribution in [-0.2, 0) is 17.9 Å². The summed E-state index contributed by atoms with van der Waals surface area (Å²) in [5.41, 5.74) is 12.3. The molecule has 1 amide bonds. The van der Waals surface area contributed by atoms with Gasteiger partial charge in [0.15, 0.2) is 0 Å². The van der Waals surface area contributed by atoms with E-state index >= 15 is 0 Å². The minimum Gasteiger partial charge on any atom is -0.550 e. The van der Waals surface area contributed by atoms with Gasteiger partial charge in [-0.3, -0.25) is 14.7 Å². The molecule has 4 rings (SSSR count). The number of nitrogen functional groups attached to an aromatic ring is 1. The normalized spacial score (nSPS) is 11.0. The van der Waals surface area contributed by atoms with Crippen LogP contribution >= 0.6 is 0 Å². The first-order chi connectivity index (χ1) is 17.9. The van der Waals surface area contributed by atoms with Crippen LogP contribution in [0, 0.1) is 12.3 Å². The van der Waals surface area contributed by atoms with E-state index in [1.165, 1.54) is 5.69 Å². The van der Waals surface area contributed by atoms with Gasteiger partial charge in [0.25, 0.3) is 5.91 Å². The summed E-state index contributed by atoms with van der Waals surface area (Å²) < 4.78 is 2.79. The number of carbonyl (C=O) groups excluding carboxylic acids is 2. The number of fused-ring (bicyclic) bond motifs is 1. The van der Waals surface area contributed by atoms with Crippen molar-refractivity contribution in [3.63, 3.8) is 0 Å². The molecule has 8 heteroatoms. The minimum absolute atomic E-state index is 0.0318. The number of nitrogens with zero attached hydrogens (tertiary/aromatic N) is 2. The predicted octanol–water partition coefficient (Wildman–Crippen LogP) is 3.16. The second-order valence-electron chi connectivity index (χ2n) is 10.1. The van der Waals surface area contributed by atoms with E-state index in [2.05, 4.69) is 63.7 Å². The summed E-state index contributed by atoms with van der Waals surface area (Å²) >= 11 is 0. The van der Waals surface area contributed by atoms with E-state index in [0.29, 0.717) is 24.3 Å². The van der Waals surface area contributed by atoms with Gasteiger partial charge in [0, 0.05) is 35.5 Å². The van der Waals surface area contributed by atoms with Crippen molar-refractivity contribution in [2.75, 3.05) is 21.1 Å². The topological polar surface area (TPSA) is 124 Å².